The van der Waals surface area contributed by atoms with E-state index in [0.717, 1.165) is 20.1 Å². The second-order valence-electron chi connectivity index (χ2n) is 6.83. The summed E-state index contributed by atoms with van der Waals surface area (Å²) >= 11 is 8.72. The summed E-state index contributed by atoms with van der Waals surface area (Å²) in [5.41, 5.74) is 3.96. The van der Waals surface area contributed by atoms with Crippen molar-refractivity contribution in [3.63, 3.8) is 0 Å². The van der Waals surface area contributed by atoms with Crippen LogP contribution in [0.4, 0.5) is 11.4 Å². The second kappa shape index (κ2) is 9.51. The van der Waals surface area contributed by atoms with Crippen molar-refractivity contribution >= 4 is 68.1 Å². The first-order chi connectivity index (χ1) is 15.0. The Bertz CT molecular complexity index is 1240. The van der Waals surface area contributed by atoms with Gasteiger partial charge in [0.2, 0.25) is 5.91 Å². The molecule has 0 atom stereocenters. The first kappa shape index (κ1) is 21.4. The van der Waals surface area contributed by atoms with Gasteiger partial charge in [-0.1, -0.05) is 41.1 Å². The summed E-state index contributed by atoms with van der Waals surface area (Å²) in [7, 11) is 0. The second-order valence-corrected chi connectivity index (χ2v) is 9.52. The lowest BCUT2D eigenvalue weighted by atomic mass is 10.1. The highest BCUT2D eigenvalue weighted by molar-refractivity contribution is 8.01. The van der Waals surface area contributed by atoms with Gasteiger partial charge in [-0.15, -0.1) is 11.3 Å². The lowest BCUT2D eigenvalue weighted by molar-refractivity contribution is -0.113. The lowest BCUT2D eigenvalue weighted by Crippen LogP contribution is -2.13. The van der Waals surface area contributed by atoms with Gasteiger partial charge in [0.1, 0.15) is 0 Å². The van der Waals surface area contributed by atoms with E-state index < -0.39 is 0 Å². The molecule has 0 saturated carbocycles. The number of benzene rings is 3. The number of carbonyl (C=O) groups is 2. The van der Waals surface area contributed by atoms with Crippen molar-refractivity contribution in [1.82, 2.24) is 4.98 Å². The van der Waals surface area contributed by atoms with Gasteiger partial charge in [-0.2, -0.15) is 0 Å². The molecule has 0 saturated heterocycles. The Labute approximate surface area is 192 Å². The Kier molecular flexibility index (Phi) is 6.56. The molecule has 156 valence electrons. The Morgan fingerprint density at radius 2 is 1.68 bits per heavy atom. The monoisotopic (exact) mass is 467 g/mol. The Morgan fingerprint density at radius 1 is 0.968 bits per heavy atom. The number of halogens is 1. The van der Waals surface area contributed by atoms with Crippen molar-refractivity contribution in [3.05, 3.63) is 82.9 Å². The van der Waals surface area contributed by atoms with Crippen molar-refractivity contribution in [2.45, 2.75) is 11.3 Å². The van der Waals surface area contributed by atoms with E-state index in [0.29, 0.717) is 22.0 Å². The number of aromatic nitrogens is 1. The molecule has 0 fully saturated rings. The van der Waals surface area contributed by atoms with Crippen LogP contribution in [-0.4, -0.2) is 22.6 Å². The van der Waals surface area contributed by atoms with Crippen molar-refractivity contribution < 1.29 is 9.59 Å². The molecule has 4 aromatic rings. The average Bonchev–Trinajstić information content (AvgIpc) is 3.16. The van der Waals surface area contributed by atoms with E-state index >= 15 is 0 Å². The first-order valence-electron chi connectivity index (χ1n) is 9.43. The third-order valence-electron chi connectivity index (χ3n) is 4.40. The predicted octanol–water partition coefficient (Wildman–Crippen LogP) is 6.24. The summed E-state index contributed by atoms with van der Waals surface area (Å²) in [6, 6.07) is 20.0. The summed E-state index contributed by atoms with van der Waals surface area (Å²) in [5.74, 6) is -0.0191. The third-order valence-corrected chi connectivity index (χ3v) is 6.81. The highest BCUT2D eigenvalue weighted by atomic mass is 35.5. The van der Waals surface area contributed by atoms with Crippen LogP contribution in [0, 0.1) is 6.92 Å². The van der Waals surface area contributed by atoms with E-state index in [1.807, 2.05) is 37.3 Å². The number of nitrogens with zero attached hydrogens (tertiary/aromatic N) is 1. The molecule has 1 aromatic heterocycles. The number of anilines is 2. The van der Waals surface area contributed by atoms with Crippen LogP contribution in [0.3, 0.4) is 0 Å². The number of carbonyl (C=O) groups excluding carboxylic acids is 2. The summed E-state index contributed by atoms with van der Waals surface area (Å²) in [6.07, 6.45) is 0. The van der Waals surface area contributed by atoms with Crippen LogP contribution in [0.15, 0.2) is 71.1 Å². The van der Waals surface area contributed by atoms with Gasteiger partial charge < -0.3 is 10.6 Å². The maximum atomic E-state index is 12.4. The molecule has 0 unspecified atom stereocenters. The van der Waals surface area contributed by atoms with Crippen LogP contribution < -0.4 is 10.6 Å². The highest BCUT2D eigenvalue weighted by Gasteiger charge is 2.11. The molecule has 31 heavy (non-hydrogen) atoms. The van der Waals surface area contributed by atoms with Crippen LogP contribution in [0.2, 0.25) is 5.02 Å². The van der Waals surface area contributed by atoms with E-state index in [9.17, 15) is 9.59 Å². The molecule has 1 heterocycles. The lowest BCUT2D eigenvalue weighted by Gasteiger charge is -2.05. The van der Waals surface area contributed by atoms with E-state index in [2.05, 4.69) is 15.6 Å². The van der Waals surface area contributed by atoms with E-state index in [4.69, 9.17) is 11.6 Å². The zero-order chi connectivity index (χ0) is 21.8. The minimum atomic E-state index is -0.155. The fourth-order valence-corrected chi connectivity index (χ4v) is 4.84. The molecular weight excluding hydrogens is 450 g/mol. The van der Waals surface area contributed by atoms with Gasteiger partial charge >= 0.3 is 0 Å². The molecule has 4 rings (SSSR count). The standard InChI is InChI=1S/C23H18ClN3O2S2/c1-14-2-4-15(5-3-14)22(29)26-18-10-11-19-20(12-18)31-23(27-19)30-13-21(28)25-17-8-6-16(24)7-9-17/h2-12H,13H2,1H3,(H,25,28)(H,26,29). The maximum absolute atomic E-state index is 12.4. The number of nitrogens with one attached hydrogen (secondary N) is 2. The molecule has 0 aliphatic carbocycles. The number of thiazole rings is 1. The molecule has 0 aliphatic rings. The largest absolute Gasteiger partial charge is 0.325 e. The van der Waals surface area contributed by atoms with Crippen LogP contribution in [-0.2, 0) is 4.79 Å². The summed E-state index contributed by atoms with van der Waals surface area (Å²) in [6.45, 7) is 1.98. The molecule has 2 N–H and O–H groups in total. The number of hydrogen-bond donors (Lipinski definition) is 2. The zero-order valence-corrected chi connectivity index (χ0v) is 18.9. The van der Waals surface area contributed by atoms with E-state index in [1.54, 1.807) is 36.4 Å². The molecule has 3 aromatic carbocycles. The van der Waals surface area contributed by atoms with Crippen molar-refractivity contribution in [1.29, 1.82) is 0 Å². The molecule has 8 heteroatoms. The quantitative estimate of drug-likeness (QED) is 0.329. The minimum Gasteiger partial charge on any atom is -0.325 e. The summed E-state index contributed by atoms with van der Waals surface area (Å²) in [4.78, 5) is 29.2. The van der Waals surface area contributed by atoms with Crippen LogP contribution in [0.25, 0.3) is 10.2 Å². The number of fused-ring (bicyclic) bond motifs is 1. The molecule has 0 radical (unpaired) electrons. The van der Waals surface area contributed by atoms with Gasteiger partial charge in [0.05, 0.1) is 16.0 Å². The van der Waals surface area contributed by atoms with Gasteiger partial charge in [0.15, 0.2) is 4.34 Å². The van der Waals surface area contributed by atoms with Gasteiger partial charge in [-0.05, 0) is 61.5 Å². The first-order valence-corrected chi connectivity index (χ1v) is 11.6. The third kappa shape index (κ3) is 5.64. The van der Waals surface area contributed by atoms with Gasteiger partial charge in [0.25, 0.3) is 5.91 Å². The normalized spacial score (nSPS) is 10.8. The fraction of sp³-hybridized carbons (Fsp3) is 0.0870. The summed E-state index contributed by atoms with van der Waals surface area (Å²) in [5, 5.41) is 6.38. The van der Waals surface area contributed by atoms with Crippen molar-refractivity contribution in [3.8, 4) is 0 Å². The molecule has 0 spiro atoms. The van der Waals surface area contributed by atoms with Crippen LogP contribution in [0.1, 0.15) is 15.9 Å². The predicted molar refractivity (Wildman–Crippen MR) is 130 cm³/mol. The van der Waals surface area contributed by atoms with E-state index in [-0.39, 0.29) is 17.6 Å². The Hall–Kier alpha value is -2.87. The number of aryl methyl sites for hydroxylation is 1. The number of thioether (sulfide) groups is 1. The number of amides is 2. The van der Waals surface area contributed by atoms with Crippen LogP contribution in [0.5, 0.6) is 0 Å². The molecule has 5 nitrogen and oxygen atoms in total. The summed E-state index contributed by atoms with van der Waals surface area (Å²) < 4.78 is 1.74. The number of hydrogen-bond acceptors (Lipinski definition) is 5. The minimum absolute atomic E-state index is 0.113. The van der Waals surface area contributed by atoms with Gasteiger partial charge in [-0.3, -0.25) is 9.59 Å². The maximum Gasteiger partial charge on any atom is 0.255 e. The van der Waals surface area contributed by atoms with Gasteiger partial charge in [0, 0.05) is 22.0 Å². The Morgan fingerprint density at radius 3 is 2.42 bits per heavy atom. The van der Waals surface area contributed by atoms with Crippen molar-refractivity contribution in [2.75, 3.05) is 16.4 Å². The van der Waals surface area contributed by atoms with E-state index in [1.165, 1.54) is 23.1 Å². The van der Waals surface area contributed by atoms with Gasteiger partial charge in [-0.25, -0.2) is 4.98 Å². The fourth-order valence-electron chi connectivity index (χ4n) is 2.81. The average molecular weight is 468 g/mol. The molecule has 0 bridgehead atoms. The number of rotatable bonds is 6. The zero-order valence-electron chi connectivity index (χ0n) is 16.5. The SMILES string of the molecule is Cc1ccc(C(=O)Nc2ccc3nc(SCC(=O)Nc4ccc(Cl)cc4)sc3c2)cc1. The molecular formula is C23H18ClN3O2S2. The van der Waals surface area contributed by atoms with Crippen LogP contribution >= 0.6 is 34.7 Å². The molecule has 2 amide bonds. The Balaban J connectivity index is 1.38. The smallest absolute Gasteiger partial charge is 0.255 e. The topological polar surface area (TPSA) is 71.1 Å². The molecule has 0 aliphatic heterocycles. The highest BCUT2D eigenvalue weighted by Crippen LogP contribution is 2.31. The van der Waals surface area contributed by atoms with Crippen molar-refractivity contribution in [2.24, 2.45) is 0 Å².